The summed E-state index contributed by atoms with van der Waals surface area (Å²) in [5.41, 5.74) is 1.19. The minimum Gasteiger partial charge on any atom is -0.492 e. The topological polar surface area (TPSA) is 53.7 Å². The van der Waals surface area contributed by atoms with Gasteiger partial charge in [-0.2, -0.15) is 4.52 Å². The summed E-state index contributed by atoms with van der Waals surface area (Å²) in [6, 6.07) is 8.43. The Hall–Kier alpha value is -1.44. The number of fused-ring (bicyclic) bond motifs is 1. The van der Waals surface area contributed by atoms with E-state index < -0.39 is 0 Å². The molecule has 25 heavy (non-hydrogen) atoms. The molecule has 3 heterocycles. The summed E-state index contributed by atoms with van der Waals surface area (Å²) < 4.78 is 2.62. The van der Waals surface area contributed by atoms with Gasteiger partial charge in [0.15, 0.2) is 0 Å². The molecule has 1 aliphatic rings. The molecule has 2 aromatic heterocycles. The smallest absolute Gasteiger partial charge is 0.230 e. The fourth-order valence-electron chi connectivity index (χ4n) is 3.66. The Morgan fingerprint density at radius 2 is 2.08 bits per heavy atom. The van der Waals surface area contributed by atoms with E-state index in [-0.39, 0.29) is 11.9 Å². The number of aromatic hydroxyl groups is 1. The van der Waals surface area contributed by atoms with Crippen molar-refractivity contribution < 1.29 is 5.11 Å². The van der Waals surface area contributed by atoms with Crippen LogP contribution < -0.4 is 0 Å². The van der Waals surface area contributed by atoms with Gasteiger partial charge in [0, 0.05) is 11.0 Å². The van der Waals surface area contributed by atoms with Crippen LogP contribution in [-0.2, 0) is 0 Å². The highest BCUT2D eigenvalue weighted by Gasteiger charge is 2.31. The molecule has 0 amide bonds. The van der Waals surface area contributed by atoms with Crippen molar-refractivity contribution in [3.63, 3.8) is 0 Å². The third kappa shape index (κ3) is 3.20. The van der Waals surface area contributed by atoms with E-state index in [0.717, 1.165) is 27.4 Å². The van der Waals surface area contributed by atoms with Crippen LogP contribution in [0.3, 0.4) is 0 Å². The molecular weight excluding hydrogens is 400 g/mol. The zero-order chi connectivity index (χ0) is 17.6. The molecule has 1 fully saturated rings. The predicted octanol–water partition coefficient (Wildman–Crippen LogP) is 4.39. The van der Waals surface area contributed by atoms with Crippen LogP contribution >= 0.6 is 27.3 Å². The molecule has 0 saturated carbocycles. The van der Waals surface area contributed by atoms with Crippen LogP contribution in [0.4, 0.5) is 0 Å². The van der Waals surface area contributed by atoms with Gasteiger partial charge in [0.1, 0.15) is 5.82 Å². The summed E-state index contributed by atoms with van der Waals surface area (Å²) in [6.45, 7) is 6.22. The van der Waals surface area contributed by atoms with E-state index in [0.29, 0.717) is 11.7 Å². The Bertz CT molecular complexity index is 889. The third-order valence-electron chi connectivity index (χ3n) is 4.79. The quantitative estimate of drug-likeness (QED) is 0.682. The maximum Gasteiger partial charge on any atom is 0.230 e. The number of likely N-dealkylation sites (tertiary alicyclic amines) is 1. The first-order valence-corrected chi connectivity index (χ1v) is 10.2. The number of benzene rings is 1. The highest BCUT2D eigenvalue weighted by molar-refractivity contribution is 9.10. The van der Waals surface area contributed by atoms with Crippen LogP contribution in [-0.4, -0.2) is 37.7 Å². The van der Waals surface area contributed by atoms with E-state index in [1.165, 1.54) is 29.7 Å². The first kappa shape index (κ1) is 17.0. The van der Waals surface area contributed by atoms with Gasteiger partial charge in [-0.25, -0.2) is 4.98 Å². The van der Waals surface area contributed by atoms with E-state index >= 15 is 0 Å². The average Bonchev–Trinajstić information content (AvgIpc) is 3.08. The van der Waals surface area contributed by atoms with Gasteiger partial charge in [-0.05, 0) is 49.9 Å². The van der Waals surface area contributed by atoms with E-state index in [4.69, 9.17) is 0 Å². The average molecular weight is 421 g/mol. The van der Waals surface area contributed by atoms with E-state index in [1.807, 2.05) is 6.92 Å². The Balaban J connectivity index is 1.81. The van der Waals surface area contributed by atoms with Crippen molar-refractivity contribution >= 4 is 32.2 Å². The molecular formula is C18H21BrN4OS. The summed E-state index contributed by atoms with van der Waals surface area (Å²) in [6.07, 6.45) is 2.46. The van der Waals surface area contributed by atoms with Gasteiger partial charge in [-0.15, -0.1) is 5.10 Å². The summed E-state index contributed by atoms with van der Waals surface area (Å²) in [5, 5.41) is 15.1. The number of hydrogen-bond donors (Lipinski definition) is 1. The largest absolute Gasteiger partial charge is 0.492 e. The second kappa shape index (κ2) is 6.70. The van der Waals surface area contributed by atoms with Crippen LogP contribution in [0.15, 0.2) is 28.7 Å². The van der Waals surface area contributed by atoms with Gasteiger partial charge in [-0.3, -0.25) is 4.90 Å². The van der Waals surface area contributed by atoms with E-state index in [1.54, 1.807) is 4.52 Å². The molecule has 7 heteroatoms. The van der Waals surface area contributed by atoms with Gasteiger partial charge in [-0.1, -0.05) is 46.3 Å². The maximum absolute atomic E-state index is 10.8. The van der Waals surface area contributed by atoms with Crippen molar-refractivity contribution in [2.24, 2.45) is 5.92 Å². The number of nitrogens with zero attached hydrogens (tertiary/aromatic N) is 4. The summed E-state index contributed by atoms with van der Waals surface area (Å²) >= 11 is 5.05. The molecule has 132 valence electrons. The van der Waals surface area contributed by atoms with Gasteiger partial charge in [0.2, 0.25) is 10.8 Å². The molecule has 0 bridgehead atoms. The first-order chi connectivity index (χ1) is 12.0. The molecule has 0 aliphatic carbocycles. The van der Waals surface area contributed by atoms with Gasteiger partial charge >= 0.3 is 0 Å². The summed E-state index contributed by atoms with van der Waals surface area (Å²) in [4.78, 5) is 8.58. The van der Waals surface area contributed by atoms with Gasteiger partial charge in [0.05, 0.1) is 10.9 Å². The Kier molecular flexibility index (Phi) is 4.56. The van der Waals surface area contributed by atoms with Crippen LogP contribution in [0.5, 0.6) is 5.88 Å². The second-order valence-electron chi connectivity index (χ2n) is 6.84. The Labute approximate surface area is 159 Å². The summed E-state index contributed by atoms with van der Waals surface area (Å²) in [7, 11) is 0. The van der Waals surface area contributed by atoms with E-state index in [2.05, 4.69) is 62.1 Å². The second-order valence-corrected chi connectivity index (χ2v) is 8.76. The monoisotopic (exact) mass is 420 g/mol. The number of halogens is 1. The lowest BCUT2D eigenvalue weighted by molar-refractivity contribution is 0.149. The maximum atomic E-state index is 10.8. The number of thiazole rings is 1. The Morgan fingerprint density at radius 1 is 1.32 bits per heavy atom. The lowest BCUT2D eigenvalue weighted by Gasteiger charge is -2.37. The van der Waals surface area contributed by atoms with Crippen molar-refractivity contribution in [3.8, 4) is 5.88 Å². The van der Waals surface area contributed by atoms with Crippen molar-refractivity contribution in [1.82, 2.24) is 19.5 Å². The zero-order valence-electron chi connectivity index (χ0n) is 14.3. The van der Waals surface area contributed by atoms with Crippen molar-refractivity contribution in [3.05, 3.63) is 45.0 Å². The zero-order valence-corrected chi connectivity index (χ0v) is 16.7. The number of aryl methyl sites for hydroxylation is 1. The lowest BCUT2D eigenvalue weighted by atomic mass is 9.95. The van der Waals surface area contributed by atoms with Crippen molar-refractivity contribution in [2.45, 2.75) is 32.7 Å². The fourth-order valence-corrected chi connectivity index (χ4v) is 5.09. The van der Waals surface area contributed by atoms with Gasteiger partial charge < -0.3 is 5.11 Å². The molecule has 1 N–H and O–H groups in total. The Morgan fingerprint density at radius 3 is 2.76 bits per heavy atom. The summed E-state index contributed by atoms with van der Waals surface area (Å²) in [5.74, 6) is 1.56. The molecule has 0 unspecified atom stereocenters. The highest BCUT2D eigenvalue weighted by atomic mass is 79.9. The van der Waals surface area contributed by atoms with Crippen molar-refractivity contribution in [1.29, 1.82) is 0 Å². The predicted molar refractivity (Wildman–Crippen MR) is 103 cm³/mol. The molecule has 3 aromatic rings. The van der Waals surface area contributed by atoms with Crippen molar-refractivity contribution in [2.75, 3.05) is 13.1 Å². The number of hydrogen-bond acceptors (Lipinski definition) is 5. The minimum absolute atomic E-state index is 0.0321. The van der Waals surface area contributed by atoms with Crippen LogP contribution in [0.1, 0.15) is 42.1 Å². The molecule has 0 radical (unpaired) electrons. The minimum atomic E-state index is 0.0321. The molecule has 1 saturated heterocycles. The lowest BCUT2D eigenvalue weighted by Crippen LogP contribution is -2.37. The highest BCUT2D eigenvalue weighted by Crippen LogP contribution is 2.41. The molecule has 2 atom stereocenters. The standard InChI is InChI=1S/C18H21BrN4OS/c1-11-4-3-9-22(10-11)15(13-5-7-14(19)8-6-13)16-17(24)23-18(25-16)20-12(2)21-23/h5-8,11,15,24H,3-4,9-10H2,1-2H3/t11-,15+/m0/s1. The third-order valence-corrected chi connectivity index (χ3v) is 6.39. The van der Waals surface area contributed by atoms with Crippen LogP contribution in [0, 0.1) is 12.8 Å². The molecule has 5 nitrogen and oxygen atoms in total. The van der Waals surface area contributed by atoms with Crippen LogP contribution in [0.2, 0.25) is 0 Å². The number of aromatic nitrogens is 3. The van der Waals surface area contributed by atoms with E-state index in [9.17, 15) is 5.11 Å². The number of piperidine rings is 1. The SMILES string of the molecule is Cc1nc2sc([C@@H](c3ccc(Br)cc3)N3CCC[C@H](C)C3)c(O)n2n1. The first-order valence-electron chi connectivity index (χ1n) is 8.57. The molecule has 0 spiro atoms. The van der Waals surface area contributed by atoms with Crippen LogP contribution in [0.25, 0.3) is 4.96 Å². The molecule has 1 aliphatic heterocycles. The molecule has 4 rings (SSSR count). The van der Waals surface area contributed by atoms with Gasteiger partial charge in [0.25, 0.3) is 0 Å². The normalized spacial score (nSPS) is 20.2. The fraction of sp³-hybridized carbons (Fsp3) is 0.444. The molecule has 1 aromatic carbocycles. The number of rotatable bonds is 3.